The van der Waals surface area contributed by atoms with Crippen LogP contribution >= 0.6 is 11.8 Å². The number of hydrogen-bond donors (Lipinski definition) is 3. The van der Waals surface area contributed by atoms with Gasteiger partial charge < -0.3 is 20.3 Å². The van der Waals surface area contributed by atoms with E-state index in [0.717, 1.165) is 41.7 Å². The molecule has 314 valence electrons. The molecular formula is C42H42N10O7S2. The lowest BCUT2D eigenvalue weighted by molar-refractivity contribution is -0.384. The number of nitrogens with zero attached hydrogens (tertiary/aromatic N) is 7. The van der Waals surface area contributed by atoms with Crippen molar-refractivity contribution in [1.29, 1.82) is 0 Å². The number of imidazole rings is 1. The van der Waals surface area contributed by atoms with E-state index in [1.165, 1.54) is 18.2 Å². The van der Waals surface area contributed by atoms with Crippen LogP contribution in [-0.2, 0) is 27.7 Å². The van der Waals surface area contributed by atoms with Gasteiger partial charge in [-0.05, 0) is 78.6 Å². The Balaban J connectivity index is 0.950. The van der Waals surface area contributed by atoms with E-state index in [1.54, 1.807) is 59.0 Å². The molecule has 17 nitrogen and oxygen atoms in total. The molecule has 0 bridgehead atoms. The van der Waals surface area contributed by atoms with E-state index in [2.05, 4.69) is 30.6 Å². The lowest BCUT2D eigenvalue weighted by Gasteiger charge is -2.31. The van der Waals surface area contributed by atoms with Crippen LogP contribution in [-0.4, -0.2) is 101 Å². The molecule has 3 N–H and O–H groups in total. The fourth-order valence-electron chi connectivity index (χ4n) is 7.27. The van der Waals surface area contributed by atoms with E-state index < -0.39 is 31.4 Å². The molecule has 3 aromatic carbocycles. The first-order chi connectivity index (χ1) is 29.6. The second-order valence-corrected chi connectivity index (χ2v) is 17.3. The van der Waals surface area contributed by atoms with Crippen LogP contribution in [0, 0.1) is 10.1 Å². The van der Waals surface area contributed by atoms with Gasteiger partial charge in [-0.1, -0.05) is 36.4 Å². The normalized spacial score (nSPS) is 14.9. The van der Waals surface area contributed by atoms with Gasteiger partial charge in [0.2, 0.25) is 0 Å². The number of pyridine rings is 1. The number of morpholine rings is 1. The summed E-state index contributed by atoms with van der Waals surface area (Å²) < 4.78 is 36.3. The van der Waals surface area contributed by atoms with Crippen molar-refractivity contribution in [2.45, 2.75) is 35.2 Å². The number of nitrogens with one attached hydrogen (secondary N) is 3. The molecule has 1 saturated heterocycles. The van der Waals surface area contributed by atoms with Crippen molar-refractivity contribution in [3.63, 3.8) is 0 Å². The summed E-state index contributed by atoms with van der Waals surface area (Å²) in [5.74, 6) is 0.00669. The van der Waals surface area contributed by atoms with E-state index in [0.29, 0.717) is 67.7 Å². The Labute approximate surface area is 355 Å². The first-order valence-electron chi connectivity index (χ1n) is 19.6. The third-order valence-electron chi connectivity index (χ3n) is 10.4. The number of carbonyl (C=O) groups is 2. The zero-order valence-corrected chi connectivity index (χ0v) is 34.5. The molecular weight excluding hydrogens is 821 g/mol. The van der Waals surface area contributed by atoms with Crippen LogP contribution in [0.4, 0.5) is 23.0 Å². The van der Waals surface area contributed by atoms with Gasteiger partial charge >= 0.3 is 0 Å². The van der Waals surface area contributed by atoms with Gasteiger partial charge in [0.1, 0.15) is 17.2 Å². The van der Waals surface area contributed by atoms with E-state index in [-0.39, 0.29) is 23.3 Å². The second kappa shape index (κ2) is 18.5. The number of nitro groups is 1. The molecule has 2 amide bonds. The van der Waals surface area contributed by atoms with Crippen LogP contribution in [0.2, 0.25) is 0 Å². The maximum atomic E-state index is 13.6. The van der Waals surface area contributed by atoms with Gasteiger partial charge in [0.25, 0.3) is 27.5 Å². The first-order valence-corrected chi connectivity index (χ1v) is 22.1. The Hall–Kier alpha value is -6.41. The Morgan fingerprint density at radius 1 is 0.918 bits per heavy atom. The molecule has 19 heteroatoms. The van der Waals surface area contributed by atoms with E-state index >= 15 is 0 Å². The summed E-state index contributed by atoms with van der Waals surface area (Å²) in [6.07, 6.45) is 4.52. The highest BCUT2D eigenvalue weighted by atomic mass is 32.2. The minimum Gasteiger partial charge on any atom is -0.379 e. The summed E-state index contributed by atoms with van der Waals surface area (Å²) in [6, 6.07) is 26.9. The molecule has 2 aliphatic rings. The Bertz CT molecular complexity index is 2640. The fourth-order valence-corrected chi connectivity index (χ4v) is 9.24. The predicted octanol–water partition coefficient (Wildman–Crippen LogP) is 5.26. The monoisotopic (exact) mass is 862 g/mol. The van der Waals surface area contributed by atoms with Gasteiger partial charge in [-0.15, -0.1) is 11.8 Å². The van der Waals surface area contributed by atoms with Crippen molar-refractivity contribution in [2.24, 2.45) is 0 Å². The first kappa shape index (κ1) is 41.3. The number of sulfonamides is 1. The number of hydrogen-bond acceptors (Lipinski definition) is 14. The van der Waals surface area contributed by atoms with E-state index in [9.17, 15) is 28.1 Å². The summed E-state index contributed by atoms with van der Waals surface area (Å²) in [6.45, 7) is 4.48. The highest BCUT2D eigenvalue weighted by molar-refractivity contribution is 7.99. The summed E-state index contributed by atoms with van der Waals surface area (Å²) in [7, 11) is -4.57. The molecule has 5 heterocycles. The van der Waals surface area contributed by atoms with Crippen molar-refractivity contribution in [3.8, 4) is 0 Å². The standard InChI is InChI=1S/C42H42N10O7S2/c53-41(47-38-27-51-40(46-38)13-6-18-43-51)33-10-4-7-29-16-20-50(26-34(29)33)39-12-5-11-36(45-39)42(54)48-61(57,58)32-14-15-35(37(25-32)52(55)56)44-30(17-19-49-21-23-59-24-22-49)28-60-31-8-2-1-3-9-31/h1-15,18,25,27,30,44H,16-17,19-24,26,28H2,(H,47,53)(H,48,54)/t30-/m1/s1. The van der Waals surface area contributed by atoms with Gasteiger partial charge in [0.15, 0.2) is 11.5 Å². The smallest absolute Gasteiger partial charge is 0.293 e. The summed E-state index contributed by atoms with van der Waals surface area (Å²) in [5.41, 5.74) is 2.37. The molecule has 1 fully saturated rings. The number of rotatable bonds is 15. The molecule has 6 aromatic rings. The average Bonchev–Trinajstić information content (AvgIpc) is 3.69. The number of thioether (sulfide) groups is 1. The fraction of sp³-hybridized carbons (Fsp3) is 0.262. The highest BCUT2D eigenvalue weighted by Gasteiger charge is 2.28. The minimum absolute atomic E-state index is 0.168. The number of aromatic nitrogens is 4. The van der Waals surface area contributed by atoms with Crippen molar-refractivity contribution >= 4 is 62.3 Å². The van der Waals surface area contributed by atoms with Gasteiger partial charge in [-0.2, -0.15) is 5.10 Å². The predicted molar refractivity (Wildman–Crippen MR) is 231 cm³/mol. The second-order valence-electron chi connectivity index (χ2n) is 14.5. The quantitative estimate of drug-likeness (QED) is 0.0685. The number of anilines is 3. The Morgan fingerprint density at radius 3 is 2.54 bits per heavy atom. The average molecular weight is 863 g/mol. The highest BCUT2D eigenvalue weighted by Crippen LogP contribution is 2.31. The Kier molecular flexibility index (Phi) is 12.5. The molecule has 3 aromatic heterocycles. The van der Waals surface area contributed by atoms with Crippen LogP contribution in [0.15, 0.2) is 119 Å². The van der Waals surface area contributed by atoms with E-state index in [1.807, 2.05) is 52.1 Å². The summed E-state index contributed by atoms with van der Waals surface area (Å²) in [4.78, 5) is 52.4. The lowest BCUT2D eigenvalue weighted by Crippen LogP contribution is -2.39. The third-order valence-corrected chi connectivity index (χ3v) is 12.9. The SMILES string of the molecule is O=C(NS(=O)(=O)c1ccc(N[C@H](CCN2CCOCC2)CSc2ccccc2)c([N+](=O)[O-])c1)c1cccc(N2CCc3cccc(C(=O)Nc4cn5ncccc5n4)c3C2)n1. The molecule has 0 aliphatic carbocycles. The number of ether oxygens (including phenoxy) is 1. The number of amides is 2. The van der Waals surface area contributed by atoms with Crippen LogP contribution in [0.1, 0.15) is 38.4 Å². The lowest BCUT2D eigenvalue weighted by atomic mass is 9.94. The molecule has 0 saturated carbocycles. The number of fused-ring (bicyclic) bond motifs is 2. The molecule has 8 rings (SSSR count). The van der Waals surface area contributed by atoms with Crippen LogP contribution in [0.5, 0.6) is 0 Å². The van der Waals surface area contributed by atoms with Gasteiger partial charge in [-0.3, -0.25) is 24.6 Å². The molecule has 61 heavy (non-hydrogen) atoms. The number of benzene rings is 3. The molecule has 0 spiro atoms. The van der Waals surface area contributed by atoms with Crippen LogP contribution in [0.3, 0.4) is 0 Å². The summed E-state index contributed by atoms with van der Waals surface area (Å²) in [5, 5.41) is 22.7. The van der Waals surface area contributed by atoms with Crippen molar-refractivity contribution in [1.82, 2.24) is 29.2 Å². The van der Waals surface area contributed by atoms with Crippen molar-refractivity contribution in [3.05, 3.63) is 142 Å². The maximum Gasteiger partial charge on any atom is 0.293 e. The van der Waals surface area contributed by atoms with Crippen molar-refractivity contribution < 1.29 is 27.7 Å². The zero-order valence-electron chi connectivity index (χ0n) is 32.8. The third kappa shape index (κ3) is 9.97. The largest absolute Gasteiger partial charge is 0.379 e. The number of carbonyl (C=O) groups excluding carboxylic acids is 2. The number of nitro benzene ring substituents is 1. The minimum atomic E-state index is -4.57. The molecule has 0 unspecified atom stereocenters. The van der Waals surface area contributed by atoms with Crippen LogP contribution < -0.4 is 20.3 Å². The van der Waals surface area contributed by atoms with Gasteiger partial charge in [0, 0.05) is 67.2 Å². The van der Waals surface area contributed by atoms with Crippen molar-refractivity contribution in [2.75, 3.05) is 60.7 Å². The van der Waals surface area contributed by atoms with E-state index in [4.69, 9.17) is 4.74 Å². The van der Waals surface area contributed by atoms with Gasteiger partial charge in [-0.25, -0.2) is 27.6 Å². The maximum absolute atomic E-state index is 13.6. The van der Waals surface area contributed by atoms with Gasteiger partial charge in [0.05, 0.1) is 29.2 Å². The summed E-state index contributed by atoms with van der Waals surface area (Å²) >= 11 is 1.62. The topological polar surface area (TPSA) is 206 Å². The Morgan fingerprint density at radius 2 is 1.74 bits per heavy atom. The zero-order chi connectivity index (χ0) is 42.3. The molecule has 2 aliphatic heterocycles. The van der Waals surface area contributed by atoms with Crippen LogP contribution in [0.25, 0.3) is 5.65 Å². The molecule has 1 atom stereocenters. The molecule has 0 radical (unpaired) electrons.